The quantitative estimate of drug-likeness (QED) is 0.810. The van der Waals surface area contributed by atoms with Gasteiger partial charge in [-0.05, 0) is 36.6 Å². The van der Waals surface area contributed by atoms with Crippen molar-refractivity contribution in [2.75, 3.05) is 6.54 Å². The van der Waals surface area contributed by atoms with Gasteiger partial charge in [-0.2, -0.15) is 18.4 Å². The number of carbonyl (C=O) groups is 1. The summed E-state index contributed by atoms with van der Waals surface area (Å²) in [4.78, 5) is 27.8. The Balaban J connectivity index is 1.89. The molecule has 1 aromatic carbocycles. The van der Waals surface area contributed by atoms with E-state index >= 15 is 0 Å². The van der Waals surface area contributed by atoms with E-state index in [1.165, 1.54) is 17.0 Å². The van der Waals surface area contributed by atoms with Crippen molar-refractivity contribution >= 4 is 5.91 Å². The highest BCUT2D eigenvalue weighted by Gasteiger charge is 2.35. The molecule has 2 heterocycles. The lowest BCUT2D eigenvalue weighted by molar-refractivity contribution is -0.141. The van der Waals surface area contributed by atoms with Crippen LogP contribution in [0.5, 0.6) is 0 Å². The van der Waals surface area contributed by atoms with E-state index in [4.69, 9.17) is 5.26 Å². The molecule has 1 aliphatic heterocycles. The second-order valence-electron chi connectivity index (χ2n) is 6.45. The summed E-state index contributed by atoms with van der Waals surface area (Å²) in [5, 5.41) is 8.69. The van der Waals surface area contributed by atoms with Crippen molar-refractivity contribution in [1.82, 2.24) is 9.88 Å². The minimum atomic E-state index is -4.72. The van der Waals surface area contributed by atoms with E-state index in [0.29, 0.717) is 31.0 Å². The van der Waals surface area contributed by atoms with E-state index < -0.39 is 40.8 Å². The Bertz CT molecular complexity index is 1010. The largest absolute Gasteiger partial charge is 0.431 e. The van der Waals surface area contributed by atoms with Gasteiger partial charge in [-0.1, -0.05) is 12.1 Å². The average Bonchev–Trinajstić information content (AvgIpc) is 3.12. The summed E-state index contributed by atoms with van der Waals surface area (Å²) in [7, 11) is 0. The number of hydrogen-bond donors (Lipinski definition) is 1. The molecule has 0 aliphatic carbocycles. The molecule has 0 saturated carbocycles. The maximum Gasteiger partial charge on any atom is 0.431 e. The third-order valence-electron chi connectivity index (χ3n) is 4.69. The molecule has 5 nitrogen and oxygen atoms in total. The average molecular weight is 393 g/mol. The highest BCUT2D eigenvalue weighted by molar-refractivity contribution is 5.94. The number of pyridine rings is 1. The summed E-state index contributed by atoms with van der Waals surface area (Å²) in [6, 6.07) is 7.20. The van der Waals surface area contributed by atoms with E-state index in [9.17, 15) is 27.2 Å². The van der Waals surface area contributed by atoms with E-state index in [-0.39, 0.29) is 12.0 Å². The molecule has 2 aromatic rings. The van der Waals surface area contributed by atoms with Gasteiger partial charge < -0.3 is 9.88 Å². The molecule has 1 aromatic heterocycles. The lowest BCUT2D eigenvalue weighted by atomic mass is 10.0. The van der Waals surface area contributed by atoms with Gasteiger partial charge in [-0.3, -0.25) is 9.59 Å². The Morgan fingerprint density at radius 2 is 2.04 bits per heavy atom. The van der Waals surface area contributed by atoms with Gasteiger partial charge in [0.15, 0.2) is 0 Å². The van der Waals surface area contributed by atoms with Gasteiger partial charge in [-0.15, -0.1) is 0 Å². The lowest BCUT2D eigenvalue weighted by Gasteiger charge is -2.25. The maximum atomic E-state index is 14.1. The predicted molar refractivity (Wildman–Crippen MR) is 90.8 cm³/mol. The number of aromatic amines is 1. The maximum absolute atomic E-state index is 14.1. The van der Waals surface area contributed by atoms with Crippen LogP contribution in [0.25, 0.3) is 0 Å². The number of H-pyrrole nitrogens is 1. The smallest absolute Gasteiger partial charge is 0.331 e. The number of likely N-dealkylation sites (tertiary alicyclic amines) is 1. The van der Waals surface area contributed by atoms with Gasteiger partial charge in [0.25, 0.3) is 11.5 Å². The Kier molecular flexibility index (Phi) is 5.23. The number of alkyl halides is 3. The summed E-state index contributed by atoms with van der Waals surface area (Å²) >= 11 is 0. The number of rotatable bonds is 3. The van der Waals surface area contributed by atoms with Crippen LogP contribution >= 0.6 is 0 Å². The standard InChI is InChI=1S/C19H15F4N3O2/c20-14-10-12(4-3-11(14)7-8-24)15-2-1-9-26(15)18(28)13-5-6-16(19(21,22)23)25-17(13)27/h3-6,10,15H,1-2,7,9H2,(H,25,27)/t15-/m1/s1. The molecular weight excluding hydrogens is 378 g/mol. The molecule has 1 atom stereocenters. The zero-order valence-electron chi connectivity index (χ0n) is 14.5. The highest BCUT2D eigenvalue weighted by atomic mass is 19.4. The SMILES string of the molecule is N#CCc1ccc([C@H]2CCCN2C(=O)c2ccc(C(F)(F)F)[nH]c2=O)cc1F. The van der Waals surface area contributed by atoms with Crippen molar-refractivity contribution < 1.29 is 22.4 Å². The highest BCUT2D eigenvalue weighted by Crippen LogP contribution is 2.34. The Labute approximate surface area is 157 Å². The van der Waals surface area contributed by atoms with E-state index in [1.54, 1.807) is 11.1 Å². The minimum absolute atomic E-state index is 0.0830. The van der Waals surface area contributed by atoms with Gasteiger partial charge in [0.05, 0.1) is 18.5 Å². The third-order valence-corrected chi connectivity index (χ3v) is 4.69. The first kappa shape index (κ1) is 19.6. The zero-order valence-corrected chi connectivity index (χ0v) is 14.5. The topological polar surface area (TPSA) is 77.0 Å². The van der Waals surface area contributed by atoms with Crippen molar-refractivity contribution in [3.8, 4) is 6.07 Å². The van der Waals surface area contributed by atoms with Crippen molar-refractivity contribution in [1.29, 1.82) is 5.26 Å². The molecule has 1 amide bonds. The molecular formula is C19H15F4N3O2. The molecule has 1 fully saturated rings. The van der Waals surface area contributed by atoms with Crippen molar-refractivity contribution in [2.45, 2.75) is 31.5 Å². The fourth-order valence-corrected chi connectivity index (χ4v) is 3.32. The Hall–Kier alpha value is -3.15. The second kappa shape index (κ2) is 7.46. The van der Waals surface area contributed by atoms with Crippen LogP contribution in [0.2, 0.25) is 0 Å². The molecule has 28 heavy (non-hydrogen) atoms. The van der Waals surface area contributed by atoms with Gasteiger partial charge in [0.1, 0.15) is 17.1 Å². The zero-order chi connectivity index (χ0) is 20.5. The number of amides is 1. The number of benzene rings is 1. The number of nitrogens with one attached hydrogen (secondary N) is 1. The van der Waals surface area contributed by atoms with Crippen LogP contribution in [0.3, 0.4) is 0 Å². The van der Waals surface area contributed by atoms with E-state index in [2.05, 4.69) is 0 Å². The summed E-state index contributed by atoms with van der Waals surface area (Å²) in [6.45, 7) is 0.297. The first-order valence-corrected chi connectivity index (χ1v) is 8.49. The molecule has 0 unspecified atom stereocenters. The monoisotopic (exact) mass is 393 g/mol. The van der Waals surface area contributed by atoms with Crippen LogP contribution in [0.1, 0.15) is 46.1 Å². The summed E-state index contributed by atoms with van der Waals surface area (Å²) in [6.07, 6.45) is -3.67. The number of halogens is 4. The molecule has 1 saturated heterocycles. The van der Waals surface area contributed by atoms with Crippen molar-refractivity contribution in [3.63, 3.8) is 0 Å². The van der Waals surface area contributed by atoms with Crippen LogP contribution < -0.4 is 5.56 Å². The van der Waals surface area contributed by atoms with Gasteiger partial charge >= 0.3 is 6.18 Å². The number of nitrogens with zero attached hydrogens (tertiary/aromatic N) is 2. The molecule has 0 spiro atoms. The number of carbonyl (C=O) groups excluding carboxylic acids is 1. The van der Waals surface area contributed by atoms with Gasteiger partial charge in [-0.25, -0.2) is 4.39 Å². The minimum Gasteiger partial charge on any atom is -0.331 e. The Morgan fingerprint density at radius 3 is 2.64 bits per heavy atom. The molecule has 1 aliphatic rings. The molecule has 0 bridgehead atoms. The molecule has 9 heteroatoms. The van der Waals surface area contributed by atoms with E-state index in [0.717, 1.165) is 6.07 Å². The molecule has 146 valence electrons. The predicted octanol–water partition coefficient (Wildman–Crippen LogP) is 3.58. The lowest BCUT2D eigenvalue weighted by Crippen LogP contribution is -2.35. The fourth-order valence-electron chi connectivity index (χ4n) is 3.32. The van der Waals surface area contributed by atoms with Crippen LogP contribution in [0.4, 0.5) is 17.6 Å². The third kappa shape index (κ3) is 3.76. The number of nitriles is 1. The fraction of sp³-hybridized carbons (Fsp3) is 0.316. The summed E-state index contributed by atoms with van der Waals surface area (Å²) < 4.78 is 52.2. The number of aromatic nitrogens is 1. The van der Waals surface area contributed by atoms with Crippen LogP contribution in [-0.2, 0) is 12.6 Å². The summed E-state index contributed by atoms with van der Waals surface area (Å²) in [5.74, 6) is -1.27. The van der Waals surface area contributed by atoms with Gasteiger partial charge in [0.2, 0.25) is 0 Å². The molecule has 1 N–H and O–H groups in total. The summed E-state index contributed by atoms with van der Waals surface area (Å²) in [5.41, 5.74) is -2.01. The van der Waals surface area contributed by atoms with E-state index in [1.807, 2.05) is 6.07 Å². The first-order valence-electron chi connectivity index (χ1n) is 8.49. The van der Waals surface area contributed by atoms with Crippen molar-refractivity contribution in [2.24, 2.45) is 0 Å². The number of hydrogen-bond acceptors (Lipinski definition) is 3. The van der Waals surface area contributed by atoms with Crippen LogP contribution in [0, 0.1) is 17.1 Å². The molecule has 3 rings (SSSR count). The van der Waals surface area contributed by atoms with Crippen LogP contribution in [-0.4, -0.2) is 22.3 Å². The second-order valence-corrected chi connectivity index (χ2v) is 6.45. The molecule has 0 radical (unpaired) electrons. The Morgan fingerprint density at radius 1 is 1.29 bits per heavy atom. The van der Waals surface area contributed by atoms with Crippen LogP contribution in [0.15, 0.2) is 35.1 Å². The van der Waals surface area contributed by atoms with Gasteiger partial charge in [0, 0.05) is 12.1 Å². The normalized spacial score (nSPS) is 16.8. The first-order chi connectivity index (χ1) is 13.2. The van der Waals surface area contributed by atoms with Crippen molar-refractivity contribution in [3.05, 3.63) is 68.9 Å².